The van der Waals surface area contributed by atoms with Gasteiger partial charge in [0.15, 0.2) is 0 Å². The van der Waals surface area contributed by atoms with Crippen LogP contribution >= 0.6 is 11.8 Å². The molecule has 1 atom stereocenters. The number of ether oxygens (including phenoxy) is 1. The zero-order chi connectivity index (χ0) is 13.9. The number of rotatable bonds is 5. The number of hydrogen-bond donors (Lipinski definition) is 1. The van der Waals surface area contributed by atoms with E-state index in [9.17, 15) is 0 Å². The van der Waals surface area contributed by atoms with Gasteiger partial charge in [0.1, 0.15) is 0 Å². The molecule has 1 aliphatic rings. The van der Waals surface area contributed by atoms with E-state index in [1.807, 2.05) is 11.8 Å². The molecule has 1 unspecified atom stereocenters. The first kappa shape index (κ1) is 13.8. The molecule has 2 aromatic rings. The van der Waals surface area contributed by atoms with Crippen molar-refractivity contribution in [3.63, 3.8) is 0 Å². The second kappa shape index (κ2) is 6.10. The highest BCUT2D eigenvalue weighted by Crippen LogP contribution is 2.31. The molecule has 0 bridgehead atoms. The standard InChI is InChI=1S/C16H22N2OS/c1-2-20-16-11-12(17)10-15-14(16)6-8-18(15)7-5-13-4-3-9-19-13/h6,8,10-11,13H,2-5,7,9,17H2,1H3. The molecule has 1 saturated heterocycles. The van der Waals surface area contributed by atoms with E-state index >= 15 is 0 Å². The molecule has 4 heteroatoms. The van der Waals surface area contributed by atoms with Crippen LogP contribution in [0.15, 0.2) is 29.3 Å². The van der Waals surface area contributed by atoms with E-state index in [1.54, 1.807) is 0 Å². The van der Waals surface area contributed by atoms with Gasteiger partial charge in [0.25, 0.3) is 0 Å². The van der Waals surface area contributed by atoms with Crippen LogP contribution in [0.2, 0.25) is 0 Å². The van der Waals surface area contributed by atoms with Crippen molar-refractivity contribution in [2.24, 2.45) is 0 Å². The first-order valence-electron chi connectivity index (χ1n) is 7.40. The van der Waals surface area contributed by atoms with Gasteiger partial charge in [-0.25, -0.2) is 0 Å². The highest BCUT2D eigenvalue weighted by atomic mass is 32.2. The van der Waals surface area contributed by atoms with E-state index in [2.05, 4.69) is 35.9 Å². The Kier molecular flexibility index (Phi) is 4.22. The van der Waals surface area contributed by atoms with Gasteiger partial charge in [-0.1, -0.05) is 6.92 Å². The summed E-state index contributed by atoms with van der Waals surface area (Å²) < 4.78 is 8.02. The average Bonchev–Trinajstić information content (AvgIpc) is 3.05. The summed E-state index contributed by atoms with van der Waals surface area (Å²) in [7, 11) is 0. The van der Waals surface area contributed by atoms with Gasteiger partial charge in [-0.3, -0.25) is 0 Å². The summed E-state index contributed by atoms with van der Waals surface area (Å²) in [5.41, 5.74) is 8.15. The monoisotopic (exact) mass is 290 g/mol. The Morgan fingerprint density at radius 3 is 3.10 bits per heavy atom. The van der Waals surface area contributed by atoms with Crippen molar-refractivity contribution in [2.75, 3.05) is 18.1 Å². The summed E-state index contributed by atoms with van der Waals surface area (Å²) in [4.78, 5) is 1.29. The first-order chi connectivity index (χ1) is 9.78. The zero-order valence-corrected chi connectivity index (χ0v) is 12.8. The fourth-order valence-corrected chi connectivity index (χ4v) is 3.77. The van der Waals surface area contributed by atoms with Crippen LogP contribution in [0.1, 0.15) is 26.2 Å². The summed E-state index contributed by atoms with van der Waals surface area (Å²) >= 11 is 1.86. The molecule has 3 rings (SSSR count). The predicted octanol–water partition coefficient (Wildman–Crippen LogP) is 3.90. The normalized spacial score (nSPS) is 18.9. The highest BCUT2D eigenvalue weighted by molar-refractivity contribution is 7.99. The Morgan fingerprint density at radius 2 is 2.35 bits per heavy atom. The number of nitrogen functional groups attached to an aromatic ring is 1. The summed E-state index contributed by atoms with van der Waals surface area (Å²) in [6.45, 7) is 4.11. The van der Waals surface area contributed by atoms with Crippen LogP contribution < -0.4 is 5.73 Å². The van der Waals surface area contributed by atoms with Crippen LogP contribution in [-0.4, -0.2) is 23.0 Å². The molecule has 3 nitrogen and oxygen atoms in total. The van der Waals surface area contributed by atoms with E-state index in [0.717, 1.165) is 31.0 Å². The van der Waals surface area contributed by atoms with Crippen LogP contribution in [-0.2, 0) is 11.3 Å². The number of nitrogens with zero attached hydrogens (tertiary/aromatic N) is 1. The van der Waals surface area contributed by atoms with Crippen LogP contribution in [0.4, 0.5) is 5.69 Å². The lowest BCUT2D eigenvalue weighted by molar-refractivity contribution is 0.101. The molecule has 0 aliphatic carbocycles. The maximum absolute atomic E-state index is 6.05. The van der Waals surface area contributed by atoms with Crippen LogP contribution in [0.25, 0.3) is 10.9 Å². The van der Waals surface area contributed by atoms with Gasteiger partial charge in [0.2, 0.25) is 0 Å². The maximum atomic E-state index is 6.05. The van der Waals surface area contributed by atoms with Crippen molar-refractivity contribution in [1.82, 2.24) is 4.57 Å². The second-order valence-electron chi connectivity index (χ2n) is 5.32. The molecule has 108 valence electrons. The molecule has 20 heavy (non-hydrogen) atoms. The van der Waals surface area contributed by atoms with E-state index in [0.29, 0.717) is 6.10 Å². The minimum Gasteiger partial charge on any atom is -0.399 e. The molecule has 1 fully saturated rings. The van der Waals surface area contributed by atoms with Crippen molar-refractivity contribution in [2.45, 2.75) is 43.7 Å². The van der Waals surface area contributed by atoms with E-state index in [4.69, 9.17) is 10.5 Å². The Morgan fingerprint density at radius 1 is 1.45 bits per heavy atom. The molecule has 0 spiro atoms. The molecule has 0 radical (unpaired) electrons. The largest absolute Gasteiger partial charge is 0.399 e. The van der Waals surface area contributed by atoms with E-state index in [-0.39, 0.29) is 0 Å². The van der Waals surface area contributed by atoms with Crippen molar-refractivity contribution in [3.8, 4) is 0 Å². The van der Waals surface area contributed by atoms with Gasteiger partial charge in [-0.2, -0.15) is 0 Å². The predicted molar refractivity (Wildman–Crippen MR) is 86.3 cm³/mol. The van der Waals surface area contributed by atoms with E-state index in [1.165, 1.54) is 28.6 Å². The Labute approximate surface area is 124 Å². The Bertz CT molecular complexity index is 587. The summed E-state index contributed by atoms with van der Waals surface area (Å²) in [5, 5.41) is 1.32. The quantitative estimate of drug-likeness (QED) is 0.670. The lowest BCUT2D eigenvalue weighted by Gasteiger charge is -2.11. The number of thioether (sulfide) groups is 1. The van der Waals surface area contributed by atoms with Crippen molar-refractivity contribution >= 4 is 28.4 Å². The molecule has 2 N–H and O–H groups in total. The lowest BCUT2D eigenvalue weighted by Crippen LogP contribution is -2.09. The third kappa shape index (κ3) is 2.81. The summed E-state index contributed by atoms with van der Waals surface area (Å²) in [6, 6.07) is 6.38. The van der Waals surface area contributed by atoms with E-state index < -0.39 is 0 Å². The molecule has 1 aromatic heterocycles. The van der Waals surface area contributed by atoms with Crippen LogP contribution in [0.3, 0.4) is 0 Å². The molecular formula is C16H22N2OS. The highest BCUT2D eigenvalue weighted by Gasteiger charge is 2.16. The number of benzene rings is 1. The summed E-state index contributed by atoms with van der Waals surface area (Å²) in [6.07, 6.45) is 6.13. The zero-order valence-electron chi connectivity index (χ0n) is 12.0. The minimum absolute atomic E-state index is 0.443. The van der Waals surface area contributed by atoms with Crippen molar-refractivity contribution < 1.29 is 4.74 Å². The van der Waals surface area contributed by atoms with Crippen molar-refractivity contribution in [1.29, 1.82) is 0 Å². The number of aryl methyl sites for hydroxylation is 1. The van der Waals surface area contributed by atoms with Gasteiger partial charge in [0.05, 0.1) is 11.6 Å². The number of nitrogens with two attached hydrogens (primary N) is 1. The van der Waals surface area contributed by atoms with Crippen molar-refractivity contribution in [3.05, 3.63) is 24.4 Å². The minimum atomic E-state index is 0.443. The molecule has 0 saturated carbocycles. The lowest BCUT2D eigenvalue weighted by atomic mass is 10.2. The Hall–Kier alpha value is -1.13. The number of aromatic nitrogens is 1. The van der Waals surface area contributed by atoms with Gasteiger partial charge < -0.3 is 15.0 Å². The van der Waals surface area contributed by atoms with Gasteiger partial charge in [0, 0.05) is 35.3 Å². The summed E-state index contributed by atoms with van der Waals surface area (Å²) in [5.74, 6) is 1.07. The third-order valence-electron chi connectivity index (χ3n) is 3.89. The fraction of sp³-hybridized carbons (Fsp3) is 0.500. The van der Waals surface area contributed by atoms with Crippen LogP contribution in [0, 0.1) is 0 Å². The molecular weight excluding hydrogens is 268 g/mol. The SMILES string of the molecule is CCSc1cc(N)cc2c1ccn2CCC1CCCO1. The average molecular weight is 290 g/mol. The molecule has 0 amide bonds. The first-order valence-corrected chi connectivity index (χ1v) is 8.39. The topological polar surface area (TPSA) is 40.2 Å². The van der Waals surface area contributed by atoms with Gasteiger partial charge in [-0.15, -0.1) is 11.8 Å². The fourth-order valence-electron chi connectivity index (χ4n) is 2.91. The smallest absolute Gasteiger partial charge is 0.0593 e. The second-order valence-corrected chi connectivity index (χ2v) is 6.62. The number of anilines is 1. The Balaban J connectivity index is 1.84. The number of fused-ring (bicyclic) bond motifs is 1. The van der Waals surface area contributed by atoms with Gasteiger partial charge >= 0.3 is 0 Å². The number of hydrogen-bond acceptors (Lipinski definition) is 3. The van der Waals surface area contributed by atoms with Gasteiger partial charge in [-0.05, 0) is 43.2 Å². The maximum Gasteiger partial charge on any atom is 0.0593 e. The molecule has 1 aliphatic heterocycles. The molecule has 2 heterocycles. The molecule has 1 aromatic carbocycles. The van der Waals surface area contributed by atoms with Crippen LogP contribution in [0.5, 0.6) is 0 Å². The third-order valence-corrected chi connectivity index (χ3v) is 4.83.